The molecule has 1 saturated carbocycles. The van der Waals surface area contributed by atoms with Gasteiger partial charge >= 0.3 is 0 Å². The monoisotopic (exact) mass is 364 g/mol. The molecule has 0 radical (unpaired) electrons. The Bertz CT molecular complexity index is 933. The molecule has 0 aliphatic heterocycles. The van der Waals surface area contributed by atoms with Gasteiger partial charge in [0, 0.05) is 11.6 Å². The summed E-state index contributed by atoms with van der Waals surface area (Å²) in [5, 5.41) is 18.6. The van der Waals surface area contributed by atoms with Crippen LogP contribution in [0.4, 0.5) is 5.82 Å². The first-order valence-corrected chi connectivity index (χ1v) is 9.81. The van der Waals surface area contributed by atoms with Gasteiger partial charge in [-0.15, -0.1) is 5.10 Å². The number of aliphatic hydroxyl groups is 1. The third-order valence-electron chi connectivity index (χ3n) is 5.75. The molecule has 0 amide bonds. The molecule has 4 rings (SSSR count). The Balaban J connectivity index is 1.53. The normalized spacial score (nSPS) is 20.7. The Morgan fingerprint density at radius 2 is 1.89 bits per heavy atom. The molecule has 5 heteroatoms. The molecule has 1 fully saturated rings. The molecule has 0 atom stereocenters. The van der Waals surface area contributed by atoms with Crippen LogP contribution >= 0.6 is 0 Å². The van der Waals surface area contributed by atoms with Crippen molar-refractivity contribution in [2.75, 3.05) is 5.32 Å². The fraction of sp³-hybridized carbons (Fsp3) is 0.455. The minimum absolute atomic E-state index is 0.382. The lowest BCUT2D eigenvalue weighted by Crippen LogP contribution is -2.37. The first kappa shape index (κ1) is 18.0. The zero-order chi connectivity index (χ0) is 19.0. The van der Waals surface area contributed by atoms with Gasteiger partial charge in [-0.05, 0) is 70.6 Å². The molecular weight excluding hydrogens is 336 g/mol. The van der Waals surface area contributed by atoms with Crippen molar-refractivity contribution in [3.63, 3.8) is 0 Å². The van der Waals surface area contributed by atoms with Crippen LogP contribution in [0.2, 0.25) is 0 Å². The molecule has 0 spiro atoms. The smallest absolute Gasteiger partial charge is 0.154 e. The standard InChI is InChI=1S/C22H28N4O/c1-15-5-4-6-16(13-15)19-14-23-21-12-11-20(25-26(19)21)24-18-9-7-17(8-10-18)22(2,3)27/h4-6,11-14,17-18,27H,7-10H2,1-3H3,(H,24,25). The minimum atomic E-state index is -0.582. The molecule has 0 saturated heterocycles. The third kappa shape index (κ3) is 3.83. The second kappa shape index (κ2) is 6.97. The highest BCUT2D eigenvalue weighted by Crippen LogP contribution is 2.33. The van der Waals surface area contributed by atoms with Crippen molar-refractivity contribution in [3.8, 4) is 11.3 Å². The summed E-state index contributed by atoms with van der Waals surface area (Å²) in [5.74, 6) is 1.26. The largest absolute Gasteiger partial charge is 0.390 e. The number of hydrogen-bond donors (Lipinski definition) is 2. The lowest BCUT2D eigenvalue weighted by atomic mass is 9.77. The molecule has 2 heterocycles. The predicted octanol–water partition coefficient (Wildman–Crippen LogP) is 4.45. The van der Waals surface area contributed by atoms with Crippen LogP contribution in [0.15, 0.2) is 42.6 Å². The second-order valence-corrected chi connectivity index (χ2v) is 8.35. The summed E-state index contributed by atoms with van der Waals surface area (Å²) in [6, 6.07) is 12.8. The predicted molar refractivity (Wildman–Crippen MR) is 109 cm³/mol. The maximum atomic E-state index is 10.2. The molecule has 1 aromatic carbocycles. The van der Waals surface area contributed by atoms with E-state index in [2.05, 4.69) is 41.5 Å². The van der Waals surface area contributed by atoms with E-state index in [1.165, 1.54) is 5.56 Å². The van der Waals surface area contributed by atoms with Crippen molar-refractivity contribution in [1.82, 2.24) is 14.6 Å². The van der Waals surface area contributed by atoms with Gasteiger partial charge in [-0.25, -0.2) is 9.50 Å². The van der Waals surface area contributed by atoms with Gasteiger partial charge in [-0.1, -0.05) is 23.8 Å². The highest BCUT2D eigenvalue weighted by Gasteiger charge is 2.31. The highest BCUT2D eigenvalue weighted by molar-refractivity contribution is 5.64. The number of nitrogens with one attached hydrogen (secondary N) is 1. The SMILES string of the molecule is Cc1cccc(-c2cnc3ccc(NC4CCC(C(C)(C)O)CC4)nn23)c1. The van der Waals surface area contributed by atoms with E-state index in [4.69, 9.17) is 5.10 Å². The van der Waals surface area contributed by atoms with Crippen molar-refractivity contribution in [2.45, 2.75) is 58.1 Å². The Morgan fingerprint density at radius 3 is 2.59 bits per heavy atom. The lowest BCUT2D eigenvalue weighted by Gasteiger charge is -2.36. The zero-order valence-electron chi connectivity index (χ0n) is 16.3. The molecule has 142 valence electrons. The van der Waals surface area contributed by atoms with Gasteiger partial charge in [0.05, 0.1) is 17.5 Å². The molecule has 1 aliphatic carbocycles. The van der Waals surface area contributed by atoms with E-state index in [9.17, 15) is 5.11 Å². The maximum Gasteiger partial charge on any atom is 0.154 e. The van der Waals surface area contributed by atoms with Gasteiger partial charge in [0.15, 0.2) is 5.65 Å². The molecule has 1 aliphatic rings. The summed E-state index contributed by atoms with van der Waals surface area (Å²) in [5.41, 5.74) is 3.62. The van der Waals surface area contributed by atoms with E-state index in [0.29, 0.717) is 12.0 Å². The number of imidazole rings is 1. The van der Waals surface area contributed by atoms with Crippen LogP contribution < -0.4 is 5.32 Å². The van der Waals surface area contributed by atoms with Crippen LogP contribution in [-0.2, 0) is 0 Å². The summed E-state index contributed by atoms with van der Waals surface area (Å²) in [7, 11) is 0. The average Bonchev–Trinajstić information content (AvgIpc) is 3.05. The summed E-state index contributed by atoms with van der Waals surface area (Å²) in [6.07, 6.45) is 6.09. The molecule has 0 bridgehead atoms. The highest BCUT2D eigenvalue weighted by atomic mass is 16.3. The van der Waals surface area contributed by atoms with E-state index in [-0.39, 0.29) is 0 Å². The van der Waals surface area contributed by atoms with Crippen LogP contribution in [0.5, 0.6) is 0 Å². The summed E-state index contributed by atoms with van der Waals surface area (Å²) in [6.45, 7) is 5.94. The number of fused-ring (bicyclic) bond motifs is 1. The fourth-order valence-electron chi connectivity index (χ4n) is 4.10. The number of hydrogen-bond acceptors (Lipinski definition) is 4. The minimum Gasteiger partial charge on any atom is -0.390 e. The Kier molecular flexibility index (Phi) is 4.64. The zero-order valence-corrected chi connectivity index (χ0v) is 16.3. The van der Waals surface area contributed by atoms with Gasteiger partial charge < -0.3 is 10.4 Å². The van der Waals surface area contributed by atoms with Crippen LogP contribution in [-0.4, -0.2) is 31.3 Å². The number of aryl methyl sites for hydroxylation is 1. The number of benzene rings is 1. The van der Waals surface area contributed by atoms with Crippen molar-refractivity contribution in [2.24, 2.45) is 5.92 Å². The van der Waals surface area contributed by atoms with Gasteiger partial charge in [0.25, 0.3) is 0 Å². The van der Waals surface area contributed by atoms with E-state index in [0.717, 1.165) is 48.4 Å². The summed E-state index contributed by atoms with van der Waals surface area (Å²) >= 11 is 0. The molecule has 27 heavy (non-hydrogen) atoms. The van der Waals surface area contributed by atoms with E-state index in [1.807, 2.05) is 36.7 Å². The van der Waals surface area contributed by atoms with Crippen LogP contribution in [0.3, 0.4) is 0 Å². The van der Waals surface area contributed by atoms with Crippen molar-refractivity contribution in [1.29, 1.82) is 0 Å². The first-order chi connectivity index (χ1) is 12.9. The fourth-order valence-corrected chi connectivity index (χ4v) is 4.10. The Hall–Kier alpha value is -2.40. The summed E-state index contributed by atoms with van der Waals surface area (Å²) < 4.78 is 1.92. The van der Waals surface area contributed by atoms with Crippen molar-refractivity contribution in [3.05, 3.63) is 48.2 Å². The maximum absolute atomic E-state index is 10.2. The Labute approximate surface area is 160 Å². The van der Waals surface area contributed by atoms with E-state index >= 15 is 0 Å². The molecule has 3 aromatic rings. The van der Waals surface area contributed by atoms with Gasteiger partial charge in [-0.2, -0.15) is 0 Å². The second-order valence-electron chi connectivity index (χ2n) is 8.35. The molecule has 0 unspecified atom stereocenters. The molecule has 2 aromatic heterocycles. The number of aromatic nitrogens is 3. The quantitative estimate of drug-likeness (QED) is 0.718. The molecular formula is C22H28N4O. The molecule has 2 N–H and O–H groups in total. The topological polar surface area (TPSA) is 62.5 Å². The third-order valence-corrected chi connectivity index (χ3v) is 5.75. The molecule has 5 nitrogen and oxygen atoms in total. The number of anilines is 1. The Morgan fingerprint density at radius 1 is 1.11 bits per heavy atom. The summed E-state index contributed by atoms with van der Waals surface area (Å²) in [4.78, 5) is 4.49. The first-order valence-electron chi connectivity index (χ1n) is 9.81. The van der Waals surface area contributed by atoms with Crippen LogP contribution in [0, 0.1) is 12.8 Å². The van der Waals surface area contributed by atoms with Crippen molar-refractivity contribution < 1.29 is 5.11 Å². The van der Waals surface area contributed by atoms with Crippen LogP contribution in [0.1, 0.15) is 45.1 Å². The lowest BCUT2D eigenvalue weighted by molar-refractivity contribution is -0.000405. The van der Waals surface area contributed by atoms with E-state index in [1.54, 1.807) is 0 Å². The average molecular weight is 364 g/mol. The van der Waals surface area contributed by atoms with Gasteiger partial charge in [0.2, 0.25) is 0 Å². The number of nitrogens with zero attached hydrogens (tertiary/aromatic N) is 3. The van der Waals surface area contributed by atoms with Crippen molar-refractivity contribution >= 4 is 11.5 Å². The van der Waals surface area contributed by atoms with Gasteiger partial charge in [0.1, 0.15) is 5.82 Å². The van der Waals surface area contributed by atoms with E-state index < -0.39 is 5.60 Å². The van der Waals surface area contributed by atoms with Gasteiger partial charge in [-0.3, -0.25) is 0 Å². The number of rotatable bonds is 4. The van der Waals surface area contributed by atoms with Crippen LogP contribution in [0.25, 0.3) is 16.9 Å².